The Morgan fingerprint density at radius 3 is 2.42 bits per heavy atom. The first-order chi connectivity index (χ1) is 12.3. The van der Waals surface area contributed by atoms with Crippen molar-refractivity contribution in [3.63, 3.8) is 0 Å². The highest BCUT2D eigenvalue weighted by molar-refractivity contribution is 5.97. The number of hydrogen-bond donors (Lipinski definition) is 3. The van der Waals surface area contributed by atoms with Gasteiger partial charge in [-0.15, -0.1) is 0 Å². The fraction of sp³-hybridized carbons (Fsp3) is 0.167. The van der Waals surface area contributed by atoms with Crippen molar-refractivity contribution in [1.29, 1.82) is 0 Å². The number of amides is 1. The van der Waals surface area contributed by atoms with Gasteiger partial charge in [-0.05, 0) is 42.8 Å². The molecule has 0 atom stereocenters. The number of carbonyl (C=O) groups is 3. The molecule has 0 unspecified atom stereocenters. The zero-order chi connectivity index (χ0) is 19.3. The summed E-state index contributed by atoms with van der Waals surface area (Å²) >= 11 is 0. The number of rotatable bonds is 6. The number of ether oxygens (including phenoxy) is 2. The van der Waals surface area contributed by atoms with Gasteiger partial charge in [-0.25, -0.2) is 9.59 Å². The Morgan fingerprint density at radius 1 is 1.12 bits per heavy atom. The van der Waals surface area contributed by atoms with Crippen molar-refractivity contribution in [1.82, 2.24) is 0 Å². The lowest BCUT2D eigenvalue weighted by Crippen LogP contribution is -2.21. The van der Waals surface area contributed by atoms with Gasteiger partial charge in [-0.2, -0.15) is 0 Å². The van der Waals surface area contributed by atoms with Crippen molar-refractivity contribution in [2.24, 2.45) is 0 Å². The number of anilines is 2. The van der Waals surface area contributed by atoms with Crippen LogP contribution in [0.3, 0.4) is 0 Å². The maximum absolute atomic E-state index is 12.0. The molecule has 26 heavy (non-hydrogen) atoms. The van der Waals surface area contributed by atoms with E-state index in [9.17, 15) is 14.4 Å². The van der Waals surface area contributed by atoms with Crippen LogP contribution in [0, 0.1) is 6.92 Å². The molecule has 0 aliphatic carbocycles. The molecule has 0 saturated heterocycles. The lowest BCUT2D eigenvalue weighted by Gasteiger charge is -2.10. The zero-order valence-corrected chi connectivity index (χ0v) is 14.2. The minimum absolute atomic E-state index is 0.0385. The predicted molar refractivity (Wildman–Crippen MR) is 94.5 cm³/mol. The zero-order valence-electron chi connectivity index (χ0n) is 14.2. The molecule has 0 aliphatic heterocycles. The third-order valence-electron chi connectivity index (χ3n) is 3.56. The summed E-state index contributed by atoms with van der Waals surface area (Å²) in [6.45, 7) is 1.19. The third kappa shape index (κ3) is 4.50. The van der Waals surface area contributed by atoms with E-state index >= 15 is 0 Å². The van der Waals surface area contributed by atoms with Gasteiger partial charge in [0, 0.05) is 5.69 Å². The van der Waals surface area contributed by atoms with Crippen LogP contribution < -0.4 is 15.8 Å². The van der Waals surface area contributed by atoms with Gasteiger partial charge < -0.3 is 25.6 Å². The number of aryl methyl sites for hydroxylation is 1. The molecule has 0 aromatic heterocycles. The fourth-order valence-corrected chi connectivity index (χ4v) is 2.15. The highest BCUT2D eigenvalue weighted by Crippen LogP contribution is 2.22. The molecule has 136 valence electrons. The molecule has 8 heteroatoms. The molecule has 8 nitrogen and oxygen atoms in total. The van der Waals surface area contributed by atoms with Gasteiger partial charge in [0.25, 0.3) is 5.91 Å². The summed E-state index contributed by atoms with van der Waals surface area (Å²) in [6.07, 6.45) is 0. The highest BCUT2D eigenvalue weighted by Gasteiger charge is 2.14. The number of nitrogens with one attached hydrogen (secondary N) is 1. The summed E-state index contributed by atoms with van der Waals surface area (Å²) in [5.74, 6) is -1.99. The lowest BCUT2D eigenvalue weighted by molar-refractivity contribution is -0.119. The molecule has 0 spiro atoms. The van der Waals surface area contributed by atoms with Crippen molar-refractivity contribution in [3.05, 3.63) is 53.1 Å². The maximum Gasteiger partial charge on any atom is 0.338 e. The standard InChI is InChI=1S/C18H18N2O6/c1-10-3-4-11(17(22)23)8-14(10)20-16(21)9-26-18(24)12-5-6-15(25-2)13(19)7-12/h3-8H,9,19H2,1-2H3,(H,20,21)(H,22,23). The van der Waals surface area contributed by atoms with Crippen molar-refractivity contribution < 1.29 is 29.0 Å². The van der Waals surface area contributed by atoms with Crippen LogP contribution in [0.2, 0.25) is 0 Å². The molecule has 4 N–H and O–H groups in total. The van der Waals surface area contributed by atoms with Crippen LogP contribution in [0.4, 0.5) is 11.4 Å². The van der Waals surface area contributed by atoms with Crippen LogP contribution in [0.15, 0.2) is 36.4 Å². The normalized spacial score (nSPS) is 10.1. The van der Waals surface area contributed by atoms with Gasteiger partial charge >= 0.3 is 11.9 Å². The van der Waals surface area contributed by atoms with Crippen molar-refractivity contribution >= 4 is 29.2 Å². The number of benzene rings is 2. The number of aromatic carboxylic acids is 1. The summed E-state index contributed by atoms with van der Waals surface area (Å²) in [6, 6.07) is 8.72. The van der Waals surface area contributed by atoms with E-state index in [1.54, 1.807) is 13.0 Å². The van der Waals surface area contributed by atoms with E-state index in [4.69, 9.17) is 20.3 Å². The molecule has 1 amide bonds. The van der Waals surface area contributed by atoms with Crippen LogP contribution in [-0.2, 0) is 9.53 Å². The molecule has 2 aromatic carbocycles. The number of carbonyl (C=O) groups excluding carboxylic acids is 2. The van der Waals surface area contributed by atoms with Crippen LogP contribution in [0.1, 0.15) is 26.3 Å². The summed E-state index contributed by atoms with van der Waals surface area (Å²) < 4.78 is 9.94. The van der Waals surface area contributed by atoms with Crippen LogP contribution in [0.25, 0.3) is 0 Å². The Balaban J connectivity index is 1.98. The number of nitrogens with two attached hydrogens (primary N) is 1. The third-order valence-corrected chi connectivity index (χ3v) is 3.56. The summed E-state index contributed by atoms with van der Waals surface area (Å²) in [5.41, 5.74) is 7.22. The number of carboxylic acids is 1. The van der Waals surface area contributed by atoms with E-state index in [1.165, 1.54) is 37.4 Å². The Labute approximate surface area is 149 Å². The first kappa shape index (κ1) is 18.8. The minimum atomic E-state index is -1.11. The van der Waals surface area contributed by atoms with Gasteiger partial charge in [0.05, 0.1) is 23.9 Å². The smallest absolute Gasteiger partial charge is 0.338 e. The number of hydrogen-bond acceptors (Lipinski definition) is 6. The molecule has 0 saturated carbocycles. The number of esters is 1. The topological polar surface area (TPSA) is 128 Å². The lowest BCUT2D eigenvalue weighted by atomic mass is 10.1. The molecule has 2 aromatic rings. The average molecular weight is 358 g/mol. The first-order valence-electron chi connectivity index (χ1n) is 7.56. The van der Waals surface area contributed by atoms with E-state index < -0.39 is 24.5 Å². The number of nitrogen functional groups attached to an aromatic ring is 1. The van der Waals surface area contributed by atoms with Crippen LogP contribution in [0.5, 0.6) is 5.75 Å². The average Bonchev–Trinajstić information content (AvgIpc) is 2.61. The van der Waals surface area contributed by atoms with Gasteiger partial charge in [-0.3, -0.25) is 4.79 Å². The van der Waals surface area contributed by atoms with Gasteiger partial charge in [0.1, 0.15) is 5.75 Å². The molecule has 2 rings (SSSR count). The second kappa shape index (κ2) is 8.02. The van der Waals surface area contributed by atoms with E-state index in [0.29, 0.717) is 17.0 Å². The van der Waals surface area contributed by atoms with Gasteiger partial charge in [0.15, 0.2) is 6.61 Å². The van der Waals surface area contributed by atoms with E-state index in [0.717, 1.165) is 0 Å². The molecular weight excluding hydrogens is 340 g/mol. The molecule has 0 bridgehead atoms. The Bertz CT molecular complexity index is 863. The summed E-state index contributed by atoms with van der Waals surface area (Å²) in [7, 11) is 1.45. The Morgan fingerprint density at radius 2 is 1.81 bits per heavy atom. The second-order valence-electron chi connectivity index (χ2n) is 5.42. The first-order valence-corrected chi connectivity index (χ1v) is 7.56. The molecule has 0 fully saturated rings. The fourth-order valence-electron chi connectivity index (χ4n) is 2.15. The monoisotopic (exact) mass is 358 g/mol. The number of carboxylic acid groups (broad SMARTS) is 1. The van der Waals surface area contributed by atoms with Crippen LogP contribution >= 0.6 is 0 Å². The molecule has 0 radical (unpaired) electrons. The van der Waals surface area contributed by atoms with E-state index in [2.05, 4.69) is 5.32 Å². The van der Waals surface area contributed by atoms with Gasteiger partial charge in [-0.1, -0.05) is 6.07 Å². The Hall–Kier alpha value is -3.55. The van der Waals surface area contributed by atoms with Gasteiger partial charge in [0.2, 0.25) is 0 Å². The van der Waals surface area contributed by atoms with Crippen molar-refractivity contribution in [3.8, 4) is 5.75 Å². The Kier molecular flexibility index (Phi) is 5.79. The van der Waals surface area contributed by atoms with Crippen LogP contribution in [-0.4, -0.2) is 36.7 Å². The minimum Gasteiger partial charge on any atom is -0.495 e. The van der Waals surface area contributed by atoms with E-state index in [1.807, 2.05) is 0 Å². The van der Waals surface area contributed by atoms with E-state index in [-0.39, 0.29) is 16.8 Å². The SMILES string of the molecule is COc1ccc(C(=O)OCC(=O)Nc2cc(C(=O)O)ccc2C)cc1N. The molecular formula is C18H18N2O6. The van der Waals surface area contributed by atoms with Crippen molar-refractivity contribution in [2.75, 3.05) is 24.8 Å². The largest absolute Gasteiger partial charge is 0.495 e. The molecule has 0 aliphatic rings. The molecule has 0 heterocycles. The van der Waals surface area contributed by atoms with Crippen molar-refractivity contribution in [2.45, 2.75) is 6.92 Å². The summed E-state index contributed by atoms with van der Waals surface area (Å²) in [4.78, 5) is 35.0. The highest BCUT2D eigenvalue weighted by atomic mass is 16.5. The summed E-state index contributed by atoms with van der Waals surface area (Å²) in [5, 5.41) is 11.5. The number of methoxy groups -OCH3 is 1. The predicted octanol–water partition coefficient (Wildman–Crippen LogP) is 2.08. The quantitative estimate of drug-likeness (QED) is 0.533. The second-order valence-corrected chi connectivity index (χ2v) is 5.42. The maximum atomic E-state index is 12.0.